The van der Waals surface area contributed by atoms with Crippen molar-refractivity contribution in [3.8, 4) is 0 Å². The molecule has 3 heteroatoms. The van der Waals surface area contributed by atoms with Crippen LogP contribution in [0.2, 0.25) is 5.02 Å². The lowest BCUT2D eigenvalue weighted by Crippen LogP contribution is -2.00. The van der Waals surface area contributed by atoms with Gasteiger partial charge in [0.15, 0.2) is 5.78 Å². The molecule has 14 heavy (non-hydrogen) atoms. The van der Waals surface area contributed by atoms with Crippen molar-refractivity contribution in [3.63, 3.8) is 0 Å². The van der Waals surface area contributed by atoms with Crippen molar-refractivity contribution >= 4 is 17.4 Å². The molecule has 0 atom stereocenters. The molecule has 0 aliphatic rings. The van der Waals surface area contributed by atoms with Crippen molar-refractivity contribution < 1.29 is 9.18 Å². The highest BCUT2D eigenvalue weighted by atomic mass is 35.5. The molecule has 1 aromatic carbocycles. The first kappa shape index (κ1) is 11.2. The maximum atomic E-state index is 13.0. The molecule has 0 N–H and O–H groups in total. The topological polar surface area (TPSA) is 17.1 Å². The summed E-state index contributed by atoms with van der Waals surface area (Å²) in [7, 11) is 0. The number of hydrogen-bond donors (Lipinski definition) is 0. The van der Waals surface area contributed by atoms with E-state index in [0.29, 0.717) is 12.0 Å². The average molecular weight is 215 g/mol. The van der Waals surface area contributed by atoms with Crippen LogP contribution in [0.5, 0.6) is 0 Å². The van der Waals surface area contributed by atoms with Gasteiger partial charge in [-0.25, -0.2) is 4.39 Å². The van der Waals surface area contributed by atoms with Crippen LogP contribution in [0.1, 0.15) is 36.5 Å². The second kappa shape index (κ2) is 5.11. The Morgan fingerprint density at radius 3 is 2.86 bits per heavy atom. The molecule has 1 rings (SSSR count). The van der Waals surface area contributed by atoms with Crippen LogP contribution >= 0.6 is 11.6 Å². The number of Topliss-reactive ketones (excluding diaryl/α,β-unsaturated/α-hetero) is 1. The maximum absolute atomic E-state index is 13.0. The molecule has 0 saturated carbocycles. The highest BCUT2D eigenvalue weighted by Gasteiger charge is 2.12. The van der Waals surface area contributed by atoms with Gasteiger partial charge < -0.3 is 0 Å². The van der Waals surface area contributed by atoms with Crippen LogP contribution < -0.4 is 0 Å². The predicted molar refractivity (Wildman–Crippen MR) is 55.3 cm³/mol. The third kappa shape index (κ3) is 2.55. The number of carbonyl (C=O) groups is 1. The summed E-state index contributed by atoms with van der Waals surface area (Å²) in [6.07, 6.45) is 2.18. The van der Waals surface area contributed by atoms with E-state index in [4.69, 9.17) is 11.6 Å². The van der Waals surface area contributed by atoms with Gasteiger partial charge in [-0.2, -0.15) is 0 Å². The molecule has 0 fully saturated rings. The van der Waals surface area contributed by atoms with Crippen LogP contribution in [-0.4, -0.2) is 5.78 Å². The Morgan fingerprint density at radius 1 is 1.50 bits per heavy atom. The highest BCUT2D eigenvalue weighted by molar-refractivity contribution is 6.34. The van der Waals surface area contributed by atoms with Gasteiger partial charge in [-0.1, -0.05) is 31.0 Å². The normalized spacial score (nSPS) is 10.2. The molecule has 0 aliphatic heterocycles. The molecule has 0 amide bonds. The first-order valence-electron chi connectivity index (χ1n) is 4.64. The fourth-order valence-electron chi connectivity index (χ4n) is 1.19. The van der Waals surface area contributed by atoms with Gasteiger partial charge in [-0.3, -0.25) is 4.79 Å². The fourth-order valence-corrected chi connectivity index (χ4v) is 1.42. The van der Waals surface area contributed by atoms with E-state index in [1.165, 1.54) is 12.1 Å². The van der Waals surface area contributed by atoms with E-state index in [-0.39, 0.29) is 10.8 Å². The van der Waals surface area contributed by atoms with Crippen LogP contribution in [-0.2, 0) is 0 Å². The van der Waals surface area contributed by atoms with Gasteiger partial charge >= 0.3 is 0 Å². The average Bonchev–Trinajstić information content (AvgIpc) is 2.18. The summed E-state index contributed by atoms with van der Waals surface area (Å²) in [5.41, 5.74) is 0.292. The first-order valence-corrected chi connectivity index (χ1v) is 5.01. The zero-order valence-corrected chi connectivity index (χ0v) is 8.77. The quantitative estimate of drug-likeness (QED) is 0.696. The third-order valence-electron chi connectivity index (χ3n) is 2.01. The van der Waals surface area contributed by atoms with E-state index in [1.54, 1.807) is 6.07 Å². The van der Waals surface area contributed by atoms with Gasteiger partial charge in [0.05, 0.1) is 5.02 Å². The Hall–Kier alpha value is -0.890. The SMILES string of the molecule is CCCCC(=O)c1cccc(F)c1Cl. The van der Waals surface area contributed by atoms with Crippen molar-refractivity contribution in [1.29, 1.82) is 0 Å². The van der Waals surface area contributed by atoms with Crippen LogP contribution in [0.3, 0.4) is 0 Å². The molecule has 0 radical (unpaired) electrons. The van der Waals surface area contributed by atoms with Crippen LogP contribution in [0.4, 0.5) is 4.39 Å². The summed E-state index contributed by atoms with van der Waals surface area (Å²) in [5.74, 6) is -0.620. The van der Waals surface area contributed by atoms with Crippen LogP contribution in [0.25, 0.3) is 0 Å². The Kier molecular flexibility index (Phi) is 4.08. The van der Waals surface area contributed by atoms with Crippen molar-refractivity contribution in [2.75, 3.05) is 0 Å². The van der Waals surface area contributed by atoms with E-state index in [9.17, 15) is 9.18 Å². The smallest absolute Gasteiger partial charge is 0.164 e. The molecule has 0 spiro atoms. The number of benzene rings is 1. The zero-order valence-electron chi connectivity index (χ0n) is 8.02. The number of hydrogen-bond acceptors (Lipinski definition) is 1. The molecule has 0 saturated heterocycles. The Morgan fingerprint density at radius 2 is 2.21 bits per heavy atom. The van der Waals surface area contributed by atoms with Crippen molar-refractivity contribution in [2.45, 2.75) is 26.2 Å². The minimum atomic E-state index is -0.533. The summed E-state index contributed by atoms with van der Waals surface area (Å²) in [4.78, 5) is 11.5. The van der Waals surface area contributed by atoms with Gasteiger partial charge in [0.1, 0.15) is 5.82 Å². The Bertz CT molecular complexity index is 336. The number of carbonyl (C=O) groups excluding carboxylic acids is 1. The summed E-state index contributed by atoms with van der Waals surface area (Å²) < 4.78 is 13.0. The second-order valence-electron chi connectivity index (χ2n) is 3.13. The third-order valence-corrected chi connectivity index (χ3v) is 2.39. The summed E-state index contributed by atoms with van der Waals surface area (Å²) in [6.45, 7) is 2.00. The van der Waals surface area contributed by atoms with E-state index in [2.05, 4.69) is 0 Å². The van der Waals surface area contributed by atoms with Gasteiger partial charge in [-0.15, -0.1) is 0 Å². The maximum Gasteiger partial charge on any atom is 0.164 e. The van der Waals surface area contributed by atoms with Crippen molar-refractivity contribution in [1.82, 2.24) is 0 Å². The lowest BCUT2D eigenvalue weighted by molar-refractivity contribution is 0.0979. The minimum absolute atomic E-state index is 0.0615. The minimum Gasteiger partial charge on any atom is -0.294 e. The highest BCUT2D eigenvalue weighted by Crippen LogP contribution is 2.21. The molecular formula is C11H12ClFO. The summed E-state index contributed by atoms with van der Waals surface area (Å²) in [5, 5.41) is -0.0615. The lowest BCUT2D eigenvalue weighted by Gasteiger charge is -2.02. The number of ketones is 1. The first-order chi connectivity index (χ1) is 6.66. The Balaban J connectivity index is 2.84. The number of halogens is 2. The van der Waals surface area contributed by atoms with E-state index < -0.39 is 5.82 Å². The van der Waals surface area contributed by atoms with Gasteiger partial charge in [-0.05, 0) is 18.6 Å². The molecule has 0 unspecified atom stereocenters. The standard InChI is InChI=1S/C11H12ClFO/c1-2-3-7-10(14)8-5-4-6-9(13)11(8)12/h4-6H,2-3,7H2,1H3. The van der Waals surface area contributed by atoms with E-state index in [1.807, 2.05) is 6.92 Å². The number of rotatable bonds is 4. The van der Waals surface area contributed by atoms with E-state index in [0.717, 1.165) is 12.8 Å². The fraction of sp³-hybridized carbons (Fsp3) is 0.364. The summed E-state index contributed by atoms with van der Waals surface area (Å²) >= 11 is 5.67. The van der Waals surface area contributed by atoms with Crippen LogP contribution in [0, 0.1) is 5.82 Å². The number of unbranched alkanes of at least 4 members (excludes halogenated alkanes) is 1. The van der Waals surface area contributed by atoms with Crippen LogP contribution in [0.15, 0.2) is 18.2 Å². The molecule has 1 aromatic rings. The molecular weight excluding hydrogens is 203 g/mol. The predicted octanol–water partition coefficient (Wildman–Crippen LogP) is 3.85. The molecule has 1 nitrogen and oxygen atoms in total. The molecule has 76 valence electrons. The lowest BCUT2D eigenvalue weighted by atomic mass is 10.1. The monoisotopic (exact) mass is 214 g/mol. The van der Waals surface area contributed by atoms with Crippen molar-refractivity contribution in [2.24, 2.45) is 0 Å². The molecule has 0 aliphatic carbocycles. The van der Waals surface area contributed by atoms with Crippen molar-refractivity contribution in [3.05, 3.63) is 34.6 Å². The van der Waals surface area contributed by atoms with E-state index >= 15 is 0 Å². The molecule has 0 bridgehead atoms. The van der Waals surface area contributed by atoms with Gasteiger partial charge in [0.2, 0.25) is 0 Å². The Labute approximate surface area is 87.9 Å². The van der Waals surface area contributed by atoms with Gasteiger partial charge in [0.25, 0.3) is 0 Å². The zero-order chi connectivity index (χ0) is 10.6. The molecule has 0 aromatic heterocycles. The largest absolute Gasteiger partial charge is 0.294 e. The van der Waals surface area contributed by atoms with Gasteiger partial charge in [0, 0.05) is 12.0 Å². The summed E-state index contributed by atoms with van der Waals surface area (Å²) in [6, 6.07) is 4.31. The molecule has 0 heterocycles. The second-order valence-corrected chi connectivity index (χ2v) is 3.51.